The first kappa shape index (κ1) is 75.3. The zero-order valence-electron chi connectivity index (χ0n) is 75.7. The molecule has 36 rings (SSSR count). The Morgan fingerprint density at radius 3 is 0.993 bits per heavy atom. The first-order chi connectivity index (χ1) is 69.4. The molecule has 0 spiro atoms. The molecule has 8 aliphatic rings. The second-order valence-electron chi connectivity index (χ2n) is 39.4. The van der Waals surface area contributed by atoms with Crippen LogP contribution in [0.15, 0.2) is 365 Å². The van der Waals surface area contributed by atoms with Gasteiger partial charge in [0.25, 0.3) is 0 Å². The molecule has 0 atom stereocenters. The van der Waals surface area contributed by atoms with Gasteiger partial charge in [0, 0.05) is 67.9 Å². The van der Waals surface area contributed by atoms with Crippen molar-refractivity contribution >= 4 is 153 Å². The fraction of sp³-hybridized carbons (Fsp3) is 0.0625. The largest absolute Gasteiger partial charge is 0.290 e. The van der Waals surface area contributed by atoms with Crippen LogP contribution in [0.25, 0.3) is 242 Å². The van der Waals surface area contributed by atoms with Gasteiger partial charge in [0.05, 0.1) is 91.0 Å². The van der Waals surface area contributed by atoms with E-state index in [2.05, 4.69) is 353 Å². The summed E-state index contributed by atoms with van der Waals surface area (Å²) in [6.07, 6.45) is 23.5. The summed E-state index contributed by atoms with van der Waals surface area (Å²) in [6.45, 7) is 0. The minimum Gasteiger partial charge on any atom is -0.290 e. The van der Waals surface area contributed by atoms with E-state index < -0.39 is 0 Å². The van der Waals surface area contributed by atoms with Crippen molar-refractivity contribution in [2.45, 2.75) is 51.4 Å². The lowest BCUT2D eigenvalue weighted by molar-refractivity contribution is 1.22. The van der Waals surface area contributed by atoms with Crippen LogP contribution in [-0.4, -0.2) is 57.5 Å². The molecule has 0 saturated carbocycles. The molecule has 12 heterocycles. The van der Waals surface area contributed by atoms with Gasteiger partial charge in [-0.1, -0.05) is 188 Å². The van der Waals surface area contributed by atoms with Gasteiger partial charge < -0.3 is 0 Å². The number of pyridine rings is 8. The molecule has 0 saturated heterocycles. The predicted octanol–water partition coefficient (Wildman–Crippen LogP) is 29.3. The van der Waals surface area contributed by atoms with Gasteiger partial charge in [0.15, 0.2) is 0 Å². The average Bonchev–Trinajstić information content (AvgIpc) is 1.52. The Kier molecular flexibility index (Phi) is 15.0. The number of fused-ring (bicyclic) bond motifs is 60. The van der Waals surface area contributed by atoms with E-state index in [4.69, 9.17) is 19.9 Å². The predicted molar refractivity (Wildman–Crippen MR) is 568 cm³/mol. The van der Waals surface area contributed by atoms with Crippen molar-refractivity contribution in [1.29, 1.82) is 0 Å². The normalized spacial score (nSPS) is 13.5. The Hall–Kier alpha value is -18.0. The monoisotopic (exact) mass is 1780 g/mol. The van der Waals surface area contributed by atoms with Crippen molar-refractivity contribution in [2.24, 2.45) is 0 Å². The summed E-state index contributed by atoms with van der Waals surface area (Å²) in [7, 11) is 0. The Labute approximate surface area is 799 Å². The van der Waals surface area contributed by atoms with E-state index in [-0.39, 0.29) is 0 Å². The van der Waals surface area contributed by atoms with E-state index in [0.717, 1.165) is 140 Å². The summed E-state index contributed by atoms with van der Waals surface area (Å²) in [5, 5.41) is 14.9. The Morgan fingerprint density at radius 1 is 0.164 bits per heavy atom. The minimum atomic E-state index is 0.950. The molecule has 0 amide bonds. The second kappa shape index (κ2) is 27.9. The van der Waals surface area contributed by atoms with E-state index in [9.17, 15) is 0 Å². The van der Waals surface area contributed by atoms with Gasteiger partial charge in [0.1, 0.15) is 22.6 Å². The topological polar surface area (TPSA) is 121 Å². The van der Waals surface area contributed by atoms with Crippen molar-refractivity contribution < 1.29 is 0 Å². The van der Waals surface area contributed by atoms with Crippen LogP contribution >= 0.6 is 0 Å². The second-order valence-corrected chi connectivity index (χ2v) is 39.4. The van der Waals surface area contributed by atoms with Crippen LogP contribution in [0, 0.1) is 0 Å². The Bertz CT molecular complexity index is 10700. The van der Waals surface area contributed by atoms with Crippen molar-refractivity contribution in [3.8, 4) is 89.0 Å². The summed E-state index contributed by atoms with van der Waals surface area (Å²) in [5.74, 6) is 0. The molecule has 0 aliphatic heterocycles. The number of benzene rings is 16. The molecule has 28 aromatic rings. The van der Waals surface area contributed by atoms with Crippen LogP contribution in [-0.2, 0) is 51.4 Å². The van der Waals surface area contributed by atoms with Gasteiger partial charge in [-0.05, 0) is 378 Å². The maximum atomic E-state index is 5.10. The lowest BCUT2D eigenvalue weighted by Crippen LogP contribution is -1.95. The van der Waals surface area contributed by atoms with Gasteiger partial charge in [-0.15, -0.1) is 0 Å². The Balaban J connectivity index is 0.0000000829. The molecular formula is C128H76N12. The molecular weight excluding hydrogens is 1710 g/mol. The number of rotatable bonds is 0. The zero-order chi connectivity index (χ0) is 90.7. The molecule has 16 aromatic carbocycles. The average molecular weight is 1780 g/mol. The molecule has 0 N–H and O–H groups in total. The number of para-hydroxylation sites is 8. The van der Waals surface area contributed by atoms with E-state index in [1.165, 1.54) is 243 Å². The smallest absolute Gasteiger partial charge is 0.146 e. The molecule has 12 heteroatoms. The third-order valence-electron chi connectivity index (χ3n) is 32.4. The van der Waals surface area contributed by atoms with Gasteiger partial charge in [-0.3, -0.25) is 37.5 Å². The van der Waals surface area contributed by atoms with Crippen LogP contribution in [0.2, 0.25) is 0 Å². The molecule has 0 bridgehead atoms. The van der Waals surface area contributed by atoms with Crippen molar-refractivity contribution in [3.63, 3.8) is 0 Å². The molecule has 0 unspecified atom stereocenters. The lowest BCUT2D eigenvalue weighted by Gasteiger charge is -2.13. The van der Waals surface area contributed by atoms with Crippen LogP contribution in [0.5, 0.6) is 0 Å². The van der Waals surface area contributed by atoms with Gasteiger partial charge in [0.2, 0.25) is 0 Å². The molecule has 0 fully saturated rings. The third-order valence-corrected chi connectivity index (χ3v) is 32.4. The quantitative estimate of drug-likeness (QED) is 0.138. The highest BCUT2D eigenvalue weighted by molar-refractivity contribution is 6.22. The first-order valence-corrected chi connectivity index (χ1v) is 48.7. The van der Waals surface area contributed by atoms with E-state index in [1.807, 2.05) is 49.6 Å². The SMILES string of the molecule is c1ccc2c(c1)Cc1cc3c(cc1-2)-c1ccc2c(c1C3)c1ccncc1n1c3ccccc3nc21.c1ccc2c(c1)Cc1cc3c(cc1-2)Cc1cc2c4ccncc4n4c5ccccc5nc4c2cc1-3.c1ccc2c(c1)Cc1ccc3c(c1-2)-c1ccc2c(c1C3)c1ccncc1n1c3ccccc3nc21.c1ccc2c(c1)Cc1ccc3c(c1-2)Cc1cc2c4ccncc4n4c5ccccc5nc4c2cc1-3. The van der Waals surface area contributed by atoms with Gasteiger partial charge >= 0.3 is 0 Å². The highest BCUT2D eigenvalue weighted by Crippen LogP contribution is 2.56. The molecule has 140 heavy (non-hydrogen) atoms. The summed E-state index contributed by atoms with van der Waals surface area (Å²) in [5.41, 5.74) is 62.4. The van der Waals surface area contributed by atoms with E-state index in [1.54, 1.807) is 0 Å². The fourth-order valence-corrected chi connectivity index (χ4v) is 26.5. The van der Waals surface area contributed by atoms with Crippen LogP contribution in [0.3, 0.4) is 0 Å². The van der Waals surface area contributed by atoms with E-state index >= 15 is 0 Å². The number of hydrogen-bond donors (Lipinski definition) is 0. The van der Waals surface area contributed by atoms with E-state index in [0.29, 0.717) is 0 Å². The number of nitrogens with zero attached hydrogens (tertiary/aromatic N) is 12. The maximum Gasteiger partial charge on any atom is 0.146 e. The van der Waals surface area contributed by atoms with Crippen LogP contribution in [0.4, 0.5) is 0 Å². The minimum absolute atomic E-state index is 0.950. The van der Waals surface area contributed by atoms with Crippen LogP contribution in [0.1, 0.15) is 89.0 Å². The maximum absolute atomic E-state index is 5.10. The fourth-order valence-electron chi connectivity index (χ4n) is 26.5. The third kappa shape index (κ3) is 10.3. The highest BCUT2D eigenvalue weighted by atomic mass is 15.1. The Morgan fingerprint density at radius 2 is 0.471 bits per heavy atom. The van der Waals surface area contributed by atoms with Gasteiger partial charge in [-0.25, -0.2) is 19.9 Å². The zero-order valence-corrected chi connectivity index (χ0v) is 75.7. The summed E-state index contributed by atoms with van der Waals surface area (Å²) >= 11 is 0. The molecule has 12 aromatic heterocycles. The molecule has 0 radical (unpaired) electrons. The van der Waals surface area contributed by atoms with Crippen molar-refractivity contribution in [3.05, 3.63) is 454 Å². The summed E-state index contributed by atoms with van der Waals surface area (Å²) < 4.78 is 9.12. The lowest BCUT2D eigenvalue weighted by atomic mass is 9.92. The summed E-state index contributed by atoms with van der Waals surface area (Å²) in [6, 6.07) is 116. The number of aromatic nitrogens is 12. The highest BCUT2D eigenvalue weighted by Gasteiger charge is 2.36. The van der Waals surface area contributed by atoms with Crippen molar-refractivity contribution in [1.82, 2.24) is 57.5 Å². The summed E-state index contributed by atoms with van der Waals surface area (Å²) in [4.78, 5) is 38.3. The van der Waals surface area contributed by atoms with Gasteiger partial charge in [-0.2, -0.15) is 0 Å². The van der Waals surface area contributed by atoms with Crippen LogP contribution < -0.4 is 0 Å². The number of imidazole rings is 4. The number of hydrogen-bond acceptors (Lipinski definition) is 8. The molecule has 648 valence electrons. The van der Waals surface area contributed by atoms with Crippen molar-refractivity contribution in [2.75, 3.05) is 0 Å². The first-order valence-electron chi connectivity index (χ1n) is 48.7. The molecule has 12 nitrogen and oxygen atoms in total. The standard InChI is InChI=1S/4C32H19N3/c1-2-6-22-18(5-1)11-19-14-25-20(13-24(19)22)12-21-15-27-23-9-10-33-17-31(23)35-30-8-4-3-7-29(30)34-32(35)28(27)16-26(21)25;1-2-6-21-18(5-1)13-19-14-20-15-27-22(26(20)16-25(19)21)9-10-24-31(27)23-11-12-33-17-30(23)35-29-8-4-3-7-28(29)34-32(24)35;1-2-6-21-18(5-1)13-19-9-10-22-24-16-27-25(14-20(24)15-26(22)31(19)21)23-11-12-33-17-30(23)35-29-8-4-3-7-28(29)34-32(27)35;1-2-6-21-18(5-1)15-19-9-10-20-16-25-22(30(20)29(19)21)11-12-24-31(25)23-13-14-33-17-28(23)35-27-8-4-3-7-26(27)34-32(24)35/h1-10,13-17H,11-12H2;2*1-12,14,16-17H,13,15H2;1-14,17H,15-16H2. The molecule has 8 aliphatic carbocycles.